The molecule has 1 saturated carbocycles. The predicted octanol–water partition coefficient (Wildman–Crippen LogP) is 3.80. The first-order valence-electron chi connectivity index (χ1n) is 7.34. The van der Waals surface area contributed by atoms with Crippen molar-refractivity contribution in [3.63, 3.8) is 0 Å². The number of hydrogen-bond donors (Lipinski definition) is 1. The van der Waals surface area contributed by atoms with E-state index in [2.05, 4.69) is 24.3 Å². The summed E-state index contributed by atoms with van der Waals surface area (Å²) in [4.78, 5) is 0. The van der Waals surface area contributed by atoms with Gasteiger partial charge in [-0.2, -0.15) is 0 Å². The maximum Gasteiger partial charge on any atom is 0.123 e. The lowest BCUT2D eigenvalue weighted by Crippen LogP contribution is -2.14. The third-order valence-corrected chi connectivity index (χ3v) is 5.04. The van der Waals surface area contributed by atoms with Crippen LogP contribution >= 0.6 is 0 Å². The Morgan fingerprint density at radius 3 is 2.80 bits per heavy atom. The van der Waals surface area contributed by atoms with Gasteiger partial charge in [-0.25, -0.2) is 4.39 Å². The van der Waals surface area contributed by atoms with Crippen LogP contribution in [0.5, 0.6) is 0 Å². The quantitative estimate of drug-likeness (QED) is 0.880. The van der Waals surface area contributed by atoms with E-state index in [9.17, 15) is 4.39 Å². The molecule has 2 aliphatic carbocycles. The normalized spacial score (nSPS) is 28.4. The Hall–Kier alpha value is -1.67. The number of benzene rings is 2. The Kier molecular flexibility index (Phi) is 2.67. The number of nitrogens with two attached hydrogens (primary N) is 1. The van der Waals surface area contributed by atoms with Crippen molar-refractivity contribution in [3.05, 3.63) is 71.0 Å². The van der Waals surface area contributed by atoms with Crippen molar-refractivity contribution in [1.82, 2.24) is 0 Å². The summed E-state index contributed by atoms with van der Waals surface area (Å²) in [7, 11) is 0. The van der Waals surface area contributed by atoms with E-state index in [1.54, 1.807) is 12.1 Å². The van der Waals surface area contributed by atoms with Gasteiger partial charge in [0, 0.05) is 6.04 Å². The topological polar surface area (TPSA) is 26.0 Å². The van der Waals surface area contributed by atoms with Crippen LogP contribution in [0.4, 0.5) is 4.39 Å². The Labute approximate surface area is 118 Å². The monoisotopic (exact) mass is 267 g/mol. The summed E-state index contributed by atoms with van der Waals surface area (Å²) >= 11 is 0. The van der Waals surface area contributed by atoms with Crippen LogP contribution < -0.4 is 5.73 Å². The molecule has 0 amide bonds. The van der Waals surface area contributed by atoms with Crippen LogP contribution in [-0.4, -0.2) is 0 Å². The minimum Gasteiger partial charge on any atom is -0.324 e. The molecule has 2 heteroatoms. The summed E-state index contributed by atoms with van der Waals surface area (Å²) in [5, 5.41) is 0. The molecule has 102 valence electrons. The lowest BCUT2D eigenvalue weighted by molar-refractivity contribution is 0.549. The molecule has 2 aliphatic rings. The second-order valence-electron chi connectivity index (χ2n) is 6.09. The van der Waals surface area contributed by atoms with Gasteiger partial charge in [-0.15, -0.1) is 0 Å². The van der Waals surface area contributed by atoms with E-state index in [4.69, 9.17) is 5.73 Å². The molecule has 0 saturated heterocycles. The Morgan fingerprint density at radius 2 is 1.95 bits per heavy atom. The third-order valence-electron chi connectivity index (χ3n) is 5.04. The lowest BCUT2D eigenvalue weighted by Gasteiger charge is -2.14. The van der Waals surface area contributed by atoms with Crippen molar-refractivity contribution in [2.45, 2.75) is 24.8 Å². The molecule has 2 N–H and O–H groups in total. The first kappa shape index (κ1) is 12.1. The first-order chi connectivity index (χ1) is 9.75. The maximum atomic E-state index is 13.4. The molecule has 0 radical (unpaired) electrons. The fraction of sp³-hybridized carbons (Fsp3) is 0.333. The van der Waals surface area contributed by atoms with Crippen LogP contribution in [0.2, 0.25) is 0 Å². The lowest BCUT2D eigenvalue weighted by atomic mass is 9.92. The minimum atomic E-state index is -0.193. The van der Waals surface area contributed by atoms with Gasteiger partial charge in [0.05, 0.1) is 0 Å². The Bertz CT molecular complexity index is 651. The molecular weight excluding hydrogens is 249 g/mol. The number of fused-ring (bicyclic) bond motifs is 3. The van der Waals surface area contributed by atoms with E-state index in [1.165, 1.54) is 23.6 Å². The van der Waals surface area contributed by atoms with Crippen LogP contribution in [0, 0.1) is 17.7 Å². The molecule has 2 aromatic carbocycles. The molecular formula is C18H18FN. The predicted molar refractivity (Wildman–Crippen MR) is 77.8 cm³/mol. The molecule has 0 spiro atoms. The molecule has 20 heavy (non-hydrogen) atoms. The van der Waals surface area contributed by atoms with E-state index in [0.717, 1.165) is 12.0 Å². The fourth-order valence-corrected chi connectivity index (χ4v) is 4.05. The van der Waals surface area contributed by atoms with Gasteiger partial charge < -0.3 is 5.73 Å². The van der Waals surface area contributed by atoms with Crippen LogP contribution in [0.25, 0.3) is 0 Å². The minimum absolute atomic E-state index is 0.0492. The van der Waals surface area contributed by atoms with E-state index in [0.29, 0.717) is 17.8 Å². The maximum absolute atomic E-state index is 13.4. The Morgan fingerprint density at radius 1 is 1.10 bits per heavy atom. The summed E-state index contributed by atoms with van der Waals surface area (Å²) in [5.41, 5.74) is 10.3. The molecule has 4 rings (SSSR count). The molecule has 0 aliphatic heterocycles. The van der Waals surface area contributed by atoms with Gasteiger partial charge in [0.1, 0.15) is 5.82 Å². The highest BCUT2D eigenvalue weighted by Gasteiger charge is 2.55. The van der Waals surface area contributed by atoms with Crippen LogP contribution in [0.1, 0.15) is 35.1 Å². The van der Waals surface area contributed by atoms with Gasteiger partial charge in [-0.1, -0.05) is 36.4 Å². The first-order valence-corrected chi connectivity index (χ1v) is 7.34. The highest BCUT2D eigenvalue weighted by Crippen LogP contribution is 2.63. The van der Waals surface area contributed by atoms with Gasteiger partial charge in [0.15, 0.2) is 0 Å². The fourth-order valence-electron chi connectivity index (χ4n) is 4.05. The zero-order valence-corrected chi connectivity index (χ0v) is 11.3. The number of rotatable bonds is 2. The van der Waals surface area contributed by atoms with Crippen molar-refractivity contribution in [1.29, 1.82) is 0 Å². The van der Waals surface area contributed by atoms with E-state index < -0.39 is 0 Å². The molecule has 1 nitrogen and oxygen atoms in total. The van der Waals surface area contributed by atoms with Gasteiger partial charge in [0.25, 0.3) is 0 Å². The highest BCUT2D eigenvalue weighted by atomic mass is 19.1. The number of halogens is 1. The molecule has 0 aromatic heterocycles. The van der Waals surface area contributed by atoms with Crippen molar-refractivity contribution < 1.29 is 4.39 Å². The second kappa shape index (κ2) is 4.42. The van der Waals surface area contributed by atoms with Crippen LogP contribution in [0.3, 0.4) is 0 Å². The van der Waals surface area contributed by atoms with Gasteiger partial charge in [-0.3, -0.25) is 0 Å². The molecule has 1 fully saturated rings. The highest BCUT2D eigenvalue weighted by molar-refractivity contribution is 5.41. The second-order valence-corrected chi connectivity index (χ2v) is 6.09. The number of hydrogen-bond acceptors (Lipinski definition) is 1. The molecule has 4 unspecified atom stereocenters. The summed E-state index contributed by atoms with van der Waals surface area (Å²) in [6, 6.07) is 15.4. The van der Waals surface area contributed by atoms with Crippen molar-refractivity contribution in [2.24, 2.45) is 17.6 Å². The molecule has 4 atom stereocenters. The van der Waals surface area contributed by atoms with Gasteiger partial charge in [0.2, 0.25) is 0 Å². The van der Waals surface area contributed by atoms with Crippen LogP contribution in [0.15, 0.2) is 48.5 Å². The summed E-state index contributed by atoms with van der Waals surface area (Å²) in [6.45, 7) is 0. The van der Waals surface area contributed by atoms with E-state index >= 15 is 0 Å². The molecule has 2 aromatic rings. The zero-order chi connectivity index (χ0) is 13.7. The van der Waals surface area contributed by atoms with Crippen LogP contribution in [-0.2, 0) is 6.42 Å². The van der Waals surface area contributed by atoms with Crippen molar-refractivity contribution in [2.75, 3.05) is 0 Å². The summed E-state index contributed by atoms with van der Waals surface area (Å²) in [6.07, 6.45) is 2.37. The van der Waals surface area contributed by atoms with Gasteiger partial charge in [-0.05, 0) is 59.4 Å². The molecule has 0 bridgehead atoms. The van der Waals surface area contributed by atoms with Crippen molar-refractivity contribution in [3.8, 4) is 0 Å². The zero-order valence-electron chi connectivity index (χ0n) is 11.3. The standard InChI is InChI=1S/C18H18FN/c19-13-6-3-5-12(10-13)18(20)17-15-9-8-11-4-1-2-7-14(11)16(15)17/h1-7,10,15-18H,8-9,20H2. The van der Waals surface area contributed by atoms with E-state index in [-0.39, 0.29) is 11.9 Å². The average molecular weight is 267 g/mol. The largest absolute Gasteiger partial charge is 0.324 e. The third kappa shape index (κ3) is 1.79. The molecule has 0 heterocycles. The summed E-state index contributed by atoms with van der Waals surface area (Å²) < 4.78 is 13.4. The van der Waals surface area contributed by atoms with E-state index in [1.807, 2.05) is 6.07 Å². The van der Waals surface area contributed by atoms with Crippen molar-refractivity contribution >= 4 is 0 Å². The smallest absolute Gasteiger partial charge is 0.123 e. The SMILES string of the molecule is NC(c1cccc(F)c1)C1C2CCc3ccccc3C21. The number of aryl methyl sites for hydroxylation is 1. The average Bonchev–Trinajstić information content (AvgIpc) is 3.21. The van der Waals surface area contributed by atoms with Gasteiger partial charge >= 0.3 is 0 Å². The summed E-state index contributed by atoms with van der Waals surface area (Å²) in [5.74, 6) is 1.55. The Balaban J connectivity index is 1.64.